The highest BCUT2D eigenvalue weighted by molar-refractivity contribution is 7.98. The Kier molecular flexibility index (Phi) is 6.54. The fourth-order valence-corrected chi connectivity index (χ4v) is 3.19. The van der Waals surface area contributed by atoms with Crippen molar-refractivity contribution in [2.45, 2.75) is 12.5 Å². The first-order valence-electron chi connectivity index (χ1n) is 8.61. The molecule has 1 fully saturated rings. The lowest BCUT2D eigenvalue weighted by atomic mass is 10.2. The van der Waals surface area contributed by atoms with Crippen LogP contribution in [-0.4, -0.2) is 49.2 Å². The largest absolute Gasteiger partial charge is 0.446 e. The van der Waals surface area contributed by atoms with Crippen molar-refractivity contribution in [3.05, 3.63) is 42.1 Å². The molecule has 1 atom stereocenters. The number of benzene rings is 1. The molecule has 3 N–H and O–H groups in total. The number of carbonyl (C=O) groups excluding carboxylic acids is 1. The first-order valence-corrected chi connectivity index (χ1v) is 10.0. The van der Waals surface area contributed by atoms with E-state index in [0.29, 0.717) is 11.6 Å². The van der Waals surface area contributed by atoms with Crippen molar-refractivity contribution in [2.75, 3.05) is 48.5 Å². The number of amides is 1. The van der Waals surface area contributed by atoms with E-state index < -0.39 is 0 Å². The Bertz CT molecular complexity index is 713. The summed E-state index contributed by atoms with van der Waals surface area (Å²) < 4.78 is 10.7. The van der Waals surface area contributed by atoms with Crippen molar-refractivity contribution in [3.63, 3.8) is 0 Å². The maximum atomic E-state index is 12.3. The number of oxazole rings is 1. The maximum Gasteiger partial charge on any atom is 0.277 e. The number of rotatable bonds is 7. The molecule has 7 nitrogen and oxygen atoms in total. The van der Waals surface area contributed by atoms with Crippen LogP contribution in [0.15, 0.2) is 34.9 Å². The molecule has 2 heterocycles. The predicted octanol–water partition coefficient (Wildman–Crippen LogP) is 2.52. The van der Waals surface area contributed by atoms with E-state index >= 15 is 0 Å². The molecule has 1 aliphatic heterocycles. The zero-order valence-corrected chi connectivity index (χ0v) is 15.6. The molecule has 0 radical (unpaired) electrons. The van der Waals surface area contributed by atoms with Crippen LogP contribution in [0.3, 0.4) is 0 Å². The van der Waals surface area contributed by atoms with Gasteiger partial charge in [-0.25, -0.2) is 4.98 Å². The lowest BCUT2D eigenvalue weighted by molar-refractivity contribution is 0.102. The summed E-state index contributed by atoms with van der Waals surface area (Å²) in [6.07, 6.45) is 4.13. The van der Waals surface area contributed by atoms with Gasteiger partial charge in [-0.15, -0.1) is 0 Å². The van der Waals surface area contributed by atoms with Gasteiger partial charge >= 0.3 is 0 Å². The van der Waals surface area contributed by atoms with Crippen molar-refractivity contribution in [1.82, 2.24) is 4.98 Å². The van der Waals surface area contributed by atoms with E-state index in [1.807, 2.05) is 30.5 Å². The molecule has 1 aromatic carbocycles. The lowest BCUT2D eigenvalue weighted by Gasteiger charge is -2.28. The normalized spacial score (nSPS) is 15.7. The number of carbonyl (C=O) groups is 1. The Morgan fingerprint density at radius 1 is 1.35 bits per heavy atom. The van der Waals surface area contributed by atoms with Gasteiger partial charge in [0.15, 0.2) is 5.69 Å². The van der Waals surface area contributed by atoms with E-state index in [1.54, 1.807) is 11.8 Å². The number of hydrogen-bond donors (Lipinski definition) is 2. The molecule has 26 heavy (non-hydrogen) atoms. The Morgan fingerprint density at radius 3 is 2.77 bits per heavy atom. The highest BCUT2D eigenvalue weighted by atomic mass is 32.2. The molecule has 0 spiro atoms. The molecule has 0 aliphatic carbocycles. The molecule has 2 aromatic rings. The van der Waals surface area contributed by atoms with Gasteiger partial charge in [-0.2, -0.15) is 11.8 Å². The molecule has 1 amide bonds. The molecule has 140 valence electrons. The average Bonchev–Trinajstić information content (AvgIpc) is 3.18. The summed E-state index contributed by atoms with van der Waals surface area (Å²) >= 11 is 1.71. The second-order valence-electron chi connectivity index (χ2n) is 6.06. The van der Waals surface area contributed by atoms with E-state index in [9.17, 15) is 4.79 Å². The van der Waals surface area contributed by atoms with Gasteiger partial charge < -0.3 is 25.1 Å². The van der Waals surface area contributed by atoms with E-state index in [-0.39, 0.29) is 17.6 Å². The van der Waals surface area contributed by atoms with Crippen LogP contribution in [0.2, 0.25) is 0 Å². The molecule has 0 bridgehead atoms. The summed E-state index contributed by atoms with van der Waals surface area (Å²) in [5.74, 6) is 1.00. The molecule has 8 heteroatoms. The number of nitrogens with one attached hydrogen (secondary N) is 1. The third-order valence-electron chi connectivity index (χ3n) is 4.21. The summed E-state index contributed by atoms with van der Waals surface area (Å²) in [7, 11) is 0. The Balaban J connectivity index is 1.58. The molecule has 3 rings (SSSR count). The second-order valence-corrected chi connectivity index (χ2v) is 7.04. The maximum absolute atomic E-state index is 12.3. The smallest absolute Gasteiger partial charge is 0.277 e. The minimum absolute atomic E-state index is 0.233. The van der Waals surface area contributed by atoms with Crippen molar-refractivity contribution in [1.29, 1.82) is 0 Å². The van der Waals surface area contributed by atoms with Crippen LogP contribution in [0.4, 0.5) is 11.4 Å². The van der Waals surface area contributed by atoms with Crippen molar-refractivity contribution in [2.24, 2.45) is 5.73 Å². The third-order valence-corrected chi connectivity index (χ3v) is 4.85. The predicted molar refractivity (Wildman–Crippen MR) is 104 cm³/mol. The topological polar surface area (TPSA) is 93.6 Å². The Hall–Kier alpha value is -2.03. The summed E-state index contributed by atoms with van der Waals surface area (Å²) in [5.41, 5.74) is 8.08. The fourth-order valence-electron chi connectivity index (χ4n) is 2.70. The third kappa shape index (κ3) is 4.78. The van der Waals surface area contributed by atoms with Crippen LogP contribution in [0.5, 0.6) is 0 Å². The van der Waals surface area contributed by atoms with E-state index in [2.05, 4.69) is 15.2 Å². The highest BCUT2D eigenvalue weighted by Crippen LogP contribution is 2.20. The minimum atomic E-state index is -0.309. The van der Waals surface area contributed by atoms with E-state index in [0.717, 1.165) is 44.2 Å². The summed E-state index contributed by atoms with van der Waals surface area (Å²) in [5, 5.41) is 2.83. The molecule has 1 saturated heterocycles. The summed E-state index contributed by atoms with van der Waals surface area (Å²) in [6, 6.07) is 7.46. The van der Waals surface area contributed by atoms with Gasteiger partial charge in [0.1, 0.15) is 6.26 Å². The molecule has 1 unspecified atom stereocenters. The van der Waals surface area contributed by atoms with Gasteiger partial charge in [-0.05, 0) is 42.7 Å². The van der Waals surface area contributed by atoms with Crippen molar-refractivity contribution < 1.29 is 13.9 Å². The Labute approximate surface area is 157 Å². The summed E-state index contributed by atoms with van der Waals surface area (Å²) in [6.45, 7) is 3.24. The quantitative estimate of drug-likeness (QED) is 0.767. The van der Waals surface area contributed by atoms with Gasteiger partial charge in [-0.1, -0.05) is 0 Å². The van der Waals surface area contributed by atoms with Crippen LogP contribution in [-0.2, 0) is 4.74 Å². The minimum Gasteiger partial charge on any atom is -0.446 e. The number of ether oxygens (including phenoxy) is 1. The van der Waals surface area contributed by atoms with E-state index in [1.165, 1.54) is 6.26 Å². The van der Waals surface area contributed by atoms with Crippen LogP contribution in [0, 0.1) is 0 Å². The first kappa shape index (κ1) is 18.8. The molecule has 1 aliphatic rings. The van der Waals surface area contributed by atoms with Crippen LogP contribution < -0.4 is 16.0 Å². The van der Waals surface area contributed by atoms with Crippen LogP contribution >= 0.6 is 11.8 Å². The number of morpholine rings is 1. The molecular formula is C18H24N4O3S. The highest BCUT2D eigenvalue weighted by Gasteiger charge is 2.17. The van der Waals surface area contributed by atoms with Gasteiger partial charge in [0.05, 0.1) is 19.3 Å². The number of nitrogens with two attached hydrogens (primary N) is 1. The van der Waals surface area contributed by atoms with Gasteiger partial charge in [0.25, 0.3) is 5.91 Å². The number of thioether (sulfide) groups is 1. The number of nitrogens with zero attached hydrogens (tertiary/aromatic N) is 2. The molecule has 1 aromatic heterocycles. The van der Waals surface area contributed by atoms with Gasteiger partial charge in [-0.3, -0.25) is 4.79 Å². The Morgan fingerprint density at radius 2 is 2.08 bits per heavy atom. The fraction of sp³-hybridized carbons (Fsp3) is 0.444. The SMILES string of the molecule is CSCCC(N)c1nc(C(=O)Nc2ccc(N3CCOCC3)cc2)co1. The molecular weight excluding hydrogens is 352 g/mol. The second kappa shape index (κ2) is 9.07. The molecule has 0 saturated carbocycles. The lowest BCUT2D eigenvalue weighted by Crippen LogP contribution is -2.36. The van der Waals surface area contributed by atoms with Gasteiger partial charge in [0.2, 0.25) is 5.89 Å². The van der Waals surface area contributed by atoms with Crippen LogP contribution in [0.25, 0.3) is 0 Å². The zero-order valence-electron chi connectivity index (χ0n) is 14.8. The van der Waals surface area contributed by atoms with Crippen molar-refractivity contribution >= 4 is 29.0 Å². The average molecular weight is 376 g/mol. The van der Waals surface area contributed by atoms with Crippen LogP contribution in [0.1, 0.15) is 28.8 Å². The first-order chi connectivity index (χ1) is 12.7. The van der Waals surface area contributed by atoms with E-state index in [4.69, 9.17) is 14.9 Å². The number of aromatic nitrogens is 1. The number of anilines is 2. The number of hydrogen-bond acceptors (Lipinski definition) is 7. The zero-order chi connectivity index (χ0) is 18.4. The standard InChI is InChI=1S/C18H24N4O3S/c1-26-11-6-15(19)18-21-16(12-25-18)17(23)20-13-2-4-14(5-3-13)22-7-9-24-10-8-22/h2-5,12,15H,6-11,19H2,1H3,(H,20,23). The summed E-state index contributed by atoms with van der Waals surface area (Å²) in [4.78, 5) is 18.8. The van der Waals surface area contributed by atoms with Crippen molar-refractivity contribution in [3.8, 4) is 0 Å². The van der Waals surface area contributed by atoms with Gasteiger partial charge in [0, 0.05) is 24.5 Å². The monoisotopic (exact) mass is 376 g/mol.